The van der Waals surface area contributed by atoms with E-state index in [0.717, 1.165) is 12.4 Å². The Morgan fingerprint density at radius 3 is 2.08 bits per heavy atom. The molecule has 1 aromatic carbocycles. The lowest BCUT2D eigenvalue weighted by Gasteiger charge is -2.23. The van der Waals surface area contributed by atoms with Crippen molar-refractivity contribution in [2.45, 2.75) is 78.1 Å². The molecule has 24 heavy (non-hydrogen) atoms. The van der Waals surface area contributed by atoms with Crippen molar-refractivity contribution in [3.8, 4) is 5.75 Å². The van der Waals surface area contributed by atoms with E-state index in [2.05, 4.69) is 45.9 Å². The lowest BCUT2D eigenvalue weighted by Crippen LogP contribution is -3.12. The van der Waals surface area contributed by atoms with Gasteiger partial charge in [-0.2, -0.15) is 0 Å². The van der Waals surface area contributed by atoms with Gasteiger partial charge in [0.1, 0.15) is 5.75 Å². The lowest BCUT2D eigenvalue weighted by molar-refractivity contribution is -0.905. The number of hydrogen-bond acceptors (Lipinski definition) is 1. The summed E-state index contributed by atoms with van der Waals surface area (Å²) in [5.41, 5.74) is 2.72. The number of quaternary nitrogens is 1. The van der Waals surface area contributed by atoms with Crippen molar-refractivity contribution in [1.82, 2.24) is 0 Å². The predicted molar refractivity (Wildman–Crippen MR) is 103 cm³/mol. The maximum Gasteiger partial charge on any atom is 0.126 e. The third-order valence-electron chi connectivity index (χ3n) is 5.30. The van der Waals surface area contributed by atoms with Gasteiger partial charge >= 0.3 is 0 Å². The summed E-state index contributed by atoms with van der Waals surface area (Å²) < 4.78 is 6.28. The monoisotopic (exact) mass is 332 g/mol. The van der Waals surface area contributed by atoms with Crippen molar-refractivity contribution in [2.75, 3.05) is 26.2 Å². The zero-order chi connectivity index (χ0) is 17.4. The second-order valence-electron chi connectivity index (χ2n) is 8.04. The Labute approximate surface area is 149 Å². The van der Waals surface area contributed by atoms with Gasteiger partial charge in [0.05, 0.1) is 26.2 Å². The molecule has 1 heterocycles. The van der Waals surface area contributed by atoms with Crippen LogP contribution >= 0.6 is 0 Å². The Kier molecular flexibility index (Phi) is 8.11. The highest BCUT2D eigenvalue weighted by Gasteiger charge is 2.15. The number of benzene rings is 1. The van der Waals surface area contributed by atoms with Crippen LogP contribution < -0.4 is 9.64 Å². The topological polar surface area (TPSA) is 13.7 Å². The molecule has 1 aliphatic rings. The maximum absolute atomic E-state index is 6.28. The number of piperidine rings is 1. The molecule has 1 N–H and O–H groups in total. The largest absolute Gasteiger partial charge is 0.493 e. The minimum atomic E-state index is 0.515. The Balaban J connectivity index is 1.76. The van der Waals surface area contributed by atoms with Crippen molar-refractivity contribution in [2.24, 2.45) is 0 Å². The van der Waals surface area contributed by atoms with Crippen LogP contribution in [0, 0.1) is 0 Å². The second kappa shape index (κ2) is 10.1. The van der Waals surface area contributed by atoms with Gasteiger partial charge in [-0.05, 0) is 61.5 Å². The smallest absolute Gasteiger partial charge is 0.126 e. The van der Waals surface area contributed by atoms with Gasteiger partial charge in [0.25, 0.3) is 0 Å². The van der Waals surface area contributed by atoms with Crippen LogP contribution in [0.25, 0.3) is 0 Å². The van der Waals surface area contributed by atoms with E-state index in [1.165, 1.54) is 69.3 Å². The molecule has 136 valence electrons. The van der Waals surface area contributed by atoms with E-state index in [4.69, 9.17) is 4.74 Å². The Bertz CT molecular complexity index is 449. The SMILES string of the molecule is CC(C)c1cccc(C(C)C)c1OCCCCC[NH+]1CCCCC1. The Hall–Kier alpha value is -1.02. The summed E-state index contributed by atoms with van der Waals surface area (Å²) in [5.74, 6) is 2.19. The quantitative estimate of drug-likeness (QED) is 0.655. The van der Waals surface area contributed by atoms with Crippen molar-refractivity contribution in [3.63, 3.8) is 0 Å². The van der Waals surface area contributed by atoms with E-state index >= 15 is 0 Å². The van der Waals surface area contributed by atoms with Gasteiger partial charge in [-0.25, -0.2) is 0 Å². The van der Waals surface area contributed by atoms with Crippen molar-refractivity contribution in [1.29, 1.82) is 0 Å². The number of likely N-dealkylation sites (tertiary alicyclic amines) is 1. The highest BCUT2D eigenvalue weighted by molar-refractivity contribution is 5.44. The molecule has 0 aromatic heterocycles. The first-order valence-corrected chi connectivity index (χ1v) is 10.2. The average Bonchev–Trinajstić information content (AvgIpc) is 2.58. The van der Waals surface area contributed by atoms with E-state index in [9.17, 15) is 0 Å². The van der Waals surface area contributed by atoms with Crippen molar-refractivity contribution < 1.29 is 9.64 Å². The van der Waals surface area contributed by atoms with E-state index in [1.54, 1.807) is 0 Å². The van der Waals surface area contributed by atoms with Gasteiger partial charge in [-0.1, -0.05) is 45.9 Å². The van der Waals surface area contributed by atoms with Gasteiger partial charge in [-0.15, -0.1) is 0 Å². The molecule has 1 aliphatic heterocycles. The highest BCUT2D eigenvalue weighted by atomic mass is 16.5. The maximum atomic E-state index is 6.28. The number of nitrogens with one attached hydrogen (secondary N) is 1. The summed E-state index contributed by atoms with van der Waals surface area (Å²) in [5, 5.41) is 0. The first-order chi connectivity index (χ1) is 11.6. The fourth-order valence-electron chi connectivity index (χ4n) is 3.78. The zero-order valence-electron chi connectivity index (χ0n) is 16.4. The molecule has 1 saturated heterocycles. The first kappa shape index (κ1) is 19.3. The lowest BCUT2D eigenvalue weighted by atomic mass is 9.94. The Morgan fingerprint density at radius 1 is 0.875 bits per heavy atom. The Morgan fingerprint density at radius 2 is 1.50 bits per heavy atom. The summed E-state index contributed by atoms with van der Waals surface area (Å²) >= 11 is 0. The third-order valence-corrected chi connectivity index (χ3v) is 5.30. The third kappa shape index (κ3) is 5.81. The van der Waals surface area contributed by atoms with Gasteiger partial charge in [-0.3, -0.25) is 0 Å². The normalized spacial score (nSPS) is 16.1. The summed E-state index contributed by atoms with van der Waals surface area (Å²) in [6.07, 6.45) is 8.14. The molecule has 1 fully saturated rings. The number of hydrogen-bond donors (Lipinski definition) is 1. The molecule has 0 bridgehead atoms. The molecule has 0 radical (unpaired) electrons. The molecular weight excluding hydrogens is 294 g/mol. The van der Waals surface area contributed by atoms with Gasteiger partial charge in [0.2, 0.25) is 0 Å². The molecular formula is C22H38NO+. The van der Waals surface area contributed by atoms with Crippen LogP contribution in [0.15, 0.2) is 18.2 Å². The fourth-order valence-corrected chi connectivity index (χ4v) is 3.78. The number of unbranched alkanes of at least 4 members (excludes halogenated alkanes) is 2. The van der Waals surface area contributed by atoms with Crippen LogP contribution in [0.1, 0.15) is 89.2 Å². The average molecular weight is 333 g/mol. The number of ether oxygens (including phenoxy) is 1. The summed E-state index contributed by atoms with van der Waals surface area (Å²) in [6.45, 7) is 14.0. The first-order valence-electron chi connectivity index (χ1n) is 10.2. The number of rotatable bonds is 9. The van der Waals surface area contributed by atoms with Gasteiger partial charge in [0.15, 0.2) is 0 Å². The van der Waals surface area contributed by atoms with E-state index in [0.29, 0.717) is 11.8 Å². The van der Waals surface area contributed by atoms with E-state index in [-0.39, 0.29) is 0 Å². The predicted octanol–water partition coefficient (Wildman–Crippen LogP) is 4.55. The molecule has 1 aromatic rings. The minimum Gasteiger partial charge on any atom is -0.493 e. The van der Waals surface area contributed by atoms with Crippen LogP contribution in [0.4, 0.5) is 0 Å². The van der Waals surface area contributed by atoms with Gasteiger partial charge in [0, 0.05) is 0 Å². The van der Waals surface area contributed by atoms with Crippen molar-refractivity contribution >= 4 is 0 Å². The van der Waals surface area contributed by atoms with Crippen LogP contribution in [-0.4, -0.2) is 26.2 Å². The molecule has 0 atom stereocenters. The fraction of sp³-hybridized carbons (Fsp3) is 0.727. The molecule has 2 nitrogen and oxygen atoms in total. The van der Waals surface area contributed by atoms with Crippen LogP contribution in [0.5, 0.6) is 5.75 Å². The molecule has 0 amide bonds. The number of para-hydroxylation sites is 1. The molecule has 0 spiro atoms. The molecule has 0 unspecified atom stereocenters. The van der Waals surface area contributed by atoms with Crippen LogP contribution in [-0.2, 0) is 0 Å². The molecule has 0 saturated carbocycles. The molecule has 2 heteroatoms. The summed E-state index contributed by atoms with van der Waals surface area (Å²) in [6, 6.07) is 6.64. The van der Waals surface area contributed by atoms with Crippen molar-refractivity contribution in [3.05, 3.63) is 29.3 Å². The van der Waals surface area contributed by atoms with E-state index in [1.807, 2.05) is 4.90 Å². The molecule has 2 rings (SSSR count). The van der Waals surface area contributed by atoms with Crippen LogP contribution in [0.3, 0.4) is 0 Å². The summed E-state index contributed by atoms with van der Waals surface area (Å²) in [7, 11) is 0. The van der Waals surface area contributed by atoms with Gasteiger partial charge < -0.3 is 9.64 Å². The van der Waals surface area contributed by atoms with Crippen LogP contribution in [0.2, 0.25) is 0 Å². The highest BCUT2D eigenvalue weighted by Crippen LogP contribution is 2.34. The standard InChI is InChI=1S/C22H37NO/c1-18(2)20-12-11-13-21(19(3)4)22(20)24-17-10-6-9-16-23-14-7-5-8-15-23/h11-13,18-19H,5-10,14-17H2,1-4H3/p+1. The minimum absolute atomic E-state index is 0.515. The second-order valence-corrected chi connectivity index (χ2v) is 8.04. The van der Waals surface area contributed by atoms with E-state index < -0.39 is 0 Å². The summed E-state index contributed by atoms with van der Waals surface area (Å²) in [4.78, 5) is 1.83. The zero-order valence-corrected chi connectivity index (χ0v) is 16.4. The molecule has 0 aliphatic carbocycles.